The van der Waals surface area contributed by atoms with Gasteiger partial charge in [0.25, 0.3) is 0 Å². The number of likely N-dealkylation sites (N-methyl/N-ethyl adjacent to an activating group) is 1. The van der Waals surface area contributed by atoms with Gasteiger partial charge in [-0.25, -0.2) is 0 Å². The van der Waals surface area contributed by atoms with Crippen LogP contribution in [0.1, 0.15) is 12.5 Å². The summed E-state index contributed by atoms with van der Waals surface area (Å²) in [4.78, 5) is 38.1. The standard InChI is InChI=1S/C21H22N4O3/c1-3-15-8-4-6-10-17(15)23-20(27)13-24(2)21(28)14-25-18-11-7-5-9-16(18)19(26)12-22-25/h4-12H,3,13-14H2,1-2H3,(H,23,27). The molecule has 0 fully saturated rings. The van der Waals surface area contributed by atoms with E-state index < -0.39 is 0 Å². The molecule has 7 nitrogen and oxygen atoms in total. The van der Waals surface area contributed by atoms with Crippen molar-refractivity contribution in [1.82, 2.24) is 14.7 Å². The molecular formula is C21H22N4O3. The number of anilines is 1. The minimum atomic E-state index is -0.278. The van der Waals surface area contributed by atoms with Crippen molar-refractivity contribution in [1.29, 1.82) is 0 Å². The molecule has 28 heavy (non-hydrogen) atoms. The highest BCUT2D eigenvalue weighted by Crippen LogP contribution is 2.15. The molecule has 1 heterocycles. The molecule has 0 aliphatic heterocycles. The molecule has 1 aromatic heterocycles. The number of amides is 2. The van der Waals surface area contributed by atoms with E-state index >= 15 is 0 Å². The predicted octanol–water partition coefficient (Wildman–Crippen LogP) is 2.06. The van der Waals surface area contributed by atoms with E-state index in [1.54, 1.807) is 31.3 Å². The van der Waals surface area contributed by atoms with Gasteiger partial charge in [0.1, 0.15) is 6.54 Å². The summed E-state index contributed by atoms with van der Waals surface area (Å²) < 4.78 is 1.47. The Kier molecular flexibility index (Phi) is 5.84. The monoisotopic (exact) mass is 378 g/mol. The molecule has 3 rings (SSSR count). The third-order valence-electron chi connectivity index (χ3n) is 4.53. The largest absolute Gasteiger partial charge is 0.335 e. The molecule has 0 saturated carbocycles. The van der Waals surface area contributed by atoms with Crippen LogP contribution in [-0.2, 0) is 22.6 Å². The lowest BCUT2D eigenvalue weighted by molar-refractivity contribution is -0.133. The highest BCUT2D eigenvalue weighted by molar-refractivity contribution is 5.95. The molecule has 144 valence electrons. The second-order valence-electron chi connectivity index (χ2n) is 6.49. The quantitative estimate of drug-likeness (QED) is 0.712. The van der Waals surface area contributed by atoms with Crippen LogP contribution in [-0.4, -0.2) is 40.1 Å². The number of para-hydroxylation sites is 2. The van der Waals surface area contributed by atoms with Gasteiger partial charge in [-0.2, -0.15) is 5.10 Å². The summed E-state index contributed by atoms with van der Waals surface area (Å²) in [6.45, 7) is 1.88. The average Bonchev–Trinajstić information content (AvgIpc) is 2.70. The molecule has 3 aromatic rings. The summed E-state index contributed by atoms with van der Waals surface area (Å²) in [6, 6.07) is 14.6. The van der Waals surface area contributed by atoms with Crippen molar-refractivity contribution in [2.45, 2.75) is 19.9 Å². The van der Waals surface area contributed by atoms with E-state index in [4.69, 9.17) is 0 Å². The van der Waals surface area contributed by atoms with Crippen LogP contribution < -0.4 is 10.7 Å². The second-order valence-corrected chi connectivity index (χ2v) is 6.49. The number of benzene rings is 2. The second kappa shape index (κ2) is 8.47. The summed E-state index contributed by atoms with van der Waals surface area (Å²) in [5.41, 5.74) is 2.18. The van der Waals surface area contributed by atoms with Crippen LogP contribution in [0.4, 0.5) is 5.69 Å². The van der Waals surface area contributed by atoms with Gasteiger partial charge in [0.15, 0.2) is 0 Å². The van der Waals surface area contributed by atoms with Crippen LogP contribution in [0.25, 0.3) is 10.9 Å². The Morgan fingerprint density at radius 1 is 1.11 bits per heavy atom. The molecule has 0 aliphatic rings. The van der Waals surface area contributed by atoms with Crippen LogP contribution in [0.2, 0.25) is 0 Å². The maximum absolute atomic E-state index is 12.6. The van der Waals surface area contributed by atoms with Crippen molar-refractivity contribution in [3.8, 4) is 0 Å². The lowest BCUT2D eigenvalue weighted by Gasteiger charge is -2.18. The maximum Gasteiger partial charge on any atom is 0.244 e. The van der Waals surface area contributed by atoms with Crippen LogP contribution in [0.5, 0.6) is 0 Å². The fourth-order valence-corrected chi connectivity index (χ4v) is 2.98. The number of nitrogens with zero attached hydrogens (tertiary/aromatic N) is 3. The van der Waals surface area contributed by atoms with Crippen molar-refractivity contribution in [3.63, 3.8) is 0 Å². The van der Waals surface area contributed by atoms with Crippen LogP contribution in [0, 0.1) is 0 Å². The number of carbonyl (C=O) groups excluding carboxylic acids is 2. The Labute approximate surface area is 162 Å². The zero-order valence-electron chi connectivity index (χ0n) is 15.9. The first-order chi connectivity index (χ1) is 13.5. The number of nitrogens with one attached hydrogen (secondary N) is 1. The summed E-state index contributed by atoms with van der Waals surface area (Å²) >= 11 is 0. The topological polar surface area (TPSA) is 84.3 Å². The van der Waals surface area contributed by atoms with Gasteiger partial charge in [-0.05, 0) is 30.2 Å². The van der Waals surface area contributed by atoms with E-state index in [0.29, 0.717) is 10.9 Å². The molecule has 2 amide bonds. The third kappa shape index (κ3) is 4.25. The number of rotatable bonds is 6. The number of hydrogen-bond acceptors (Lipinski definition) is 4. The fourth-order valence-electron chi connectivity index (χ4n) is 2.98. The number of aromatic nitrogens is 2. The SMILES string of the molecule is CCc1ccccc1NC(=O)CN(C)C(=O)Cn1ncc(=O)c2ccccc21. The van der Waals surface area contributed by atoms with Crippen LogP contribution in [0.15, 0.2) is 59.5 Å². The molecule has 0 saturated heterocycles. The van der Waals surface area contributed by atoms with Gasteiger partial charge in [-0.3, -0.25) is 19.1 Å². The Morgan fingerprint density at radius 2 is 1.82 bits per heavy atom. The van der Waals surface area contributed by atoms with Crippen molar-refractivity contribution in [2.24, 2.45) is 0 Å². The van der Waals surface area contributed by atoms with Crippen LogP contribution in [0.3, 0.4) is 0 Å². The summed E-state index contributed by atoms with van der Waals surface area (Å²) in [7, 11) is 1.57. The lowest BCUT2D eigenvalue weighted by Crippen LogP contribution is -2.37. The Balaban J connectivity index is 1.68. The average molecular weight is 378 g/mol. The Bertz CT molecular complexity index is 1070. The van der Waals surface area contributed by atoms with Gasteiger partial charge >= 0.3 is 0 Å². The fraction of sp³-hybridized carbons (Fsp3) is 0.238. The van der Waals surface area contributed by atoms with E-state index in [9.17, 15) is 14.4 Å². The van der Waals surface area contributed by atoms with E-state index in [0.717, 1.165) is 17.7 Å². The predicted molar refractivity (Wildman–Crippen MR) is 108 cm³/mol. The van der Waals surface area contributed by atoms with E-state index in [1.807, 2.05) is 31.2 Å². The smallest absolute Gasteiger partial charge is 0.244 e. The van der Waals surface area contributed by atoms with Gasteiger partial charge < -0.3 is 10.2 Å². The molecule has 0 radical (unpaired) electrons. The van der Waals surface area contributed by atoms with Crippen molar-refractivity contribution in [2.75, 3.05) is 18.9 Å². The van der Waals surface area contributed by atoms with Crippen LogP contribution >= 0.6 is 0 Å². The normalized spacial score (nSPS) is 10.6. The lowest BCUT2D eigenvalue weighted by atomic mass is 10.1. The molecule has 0 bridgehead atoms. The highest BCUT2D eigenvalue weighted by atomic mass is 16.2. The number of aryl methyl sites for hydroxylation is 1. The summed E-state index contributed by atoms with van der Waals surface area (Å²) in [5, 5.41) is 7.41. The molecule has 7 heteroatoms. The van der Waals surface area contributed by atoms with Gasteiger partial charge in [-0.15, -0.1) is 0 Å². The van der Waals surface area contributed by atoms with Gasteiger partial charge in [0, 0.05) is 18.1 Å². The van der Waals surface area contributed by atoms with E-state index in [-0.39, 0.29) is 30.3 Å². The molecule has 0 spiro atoms. The summed E-state index contributed by atoms with van der Waals surface area (Å²) in [5.74, 6) is -0.547. The Morgan fingerprint density at radius 3 is 2.61 bits per heavy atom. The molecule has 0 atom stereocenters. The minimum Gasteiger partial charge on any atom is -0.335 e. The van der Waals surface area contributed by atoms with Crippen molar-refractivity contribution < 1.29 is 9.59 Å². The zero-order chi connectivity index (χ0) is 20.1. The summed E-state index contributed by atoms with van der Waals surface area (Å²) in [6.07, 6.45) is 2.00. The molecule has 1 N–H and O–H groups in total. The number of carbonyl (C=O) groups is 2. The first-order valence-corrected chi connectivity index (χ1v) is 9.06. The highest BCUT2D eigenvalue weighted by Gasteiger charge is 2.16. The van der Waals surface area contributed by atoms with Crippen molar-refractivity contribution >= 4 is 28.4 Å². The van der Waals surface area contributed by atoms with Crippen molar-refractivity contribution in [3.05, 3.63) is 70.5 Å². The molecule has 0 unspecified atom stereocenters. The van der Waals surface area contributed by atoms with Gasteiger partial charge in [0.05, 0.1) is 18.3 Å². The first kappa shape index (κ1) is 19.3. The molecule has 0 aliphatic carbocycles. The van der Waals surface area contributed by atoms with E-state index in [1.165, 1.54) is 15.8 Å². The first-order valence-electron chi connectivity index (χ1n) is 9.06. The number of hydrogen-bond donors (Lipinski definition) is 1. The minimum absolute atomic E-state index is 0.0594. The third-order valence-corrected chi connectivity index (χ3v) is 4.53. The van der Waals surface area contributed by atoms with Gasteiger partial charge in [0.2, 0.25) is 17.2 Å². The maximum atomic E-state index is 12.6. The number of fused-ring (bicyclic) bond motifs is 1. The molecule has 2 aromatic carbocycles. The van der Waals surface area contributed by atoms with E-state index in [2.05, 4.69) is 10.4 Å². The zero-order valence-corrected chi connectivity index (χ0v) is 15.9. The molecular weight excluding hydrogens is 356 g/mol. The van der Waals surface area contributed by atoms with Gasteiger partial charge in [-0.1, -0.05) is 37.3 Å². The Hall–Kier alpha value is -3.48.